The summed E-state index contributed by atoms with van der Waals surface area (Å²) in [4.78, 5) is 30.7. The third-order valence-electron chi connectivity index (χ3n) is 4.73. The number of nitrogens with zero attached hydrogens (tertiary/aromatic N) is 1. The molecule has 6 heteroatoms. The Hall–Kier alpha value is -2.83. The molecule has 27 heavy (non-hydrogen) atoms. The first-order valence-electron chi connectivity index (χ1n) is 8.15. The van der Waals surface area contributed by atoms with Gasteiger partial charge in [-0.3, -0.25) is 9.59 Å². The number of thiophene rings is 1. The lowest BCUT2D eigenvalue weighted by molar-refractivity contribution is 0.508. The van der Waals surface area contributed by atoms with Crippen molar-refractivity contribution in [2.75, 3.05) is 0 Å². The fourth-order valence-electron chi connectivity index (χ4n) is 3.59. The van der Waals surface area contributed by atoms with Crippen LogP contribution in [0.15, 0.2) is 68.0 Å². The number of aliphatic hydroxyl groups excluding tert-OH is 1. The van der Waals surface area contributed by atoms with Gasteiger partial charge in [0.05, 0.1) is 15.6 Å². The lowest BCUT2D eigenvalue weighted by atomic mass is 9.98. The van der Waals surface area contributed by atoms with Crippen LogP contribution >= 0.6 is 27.3 Å². The maximum absolute atomic E-state index is 13.1. The van der Waals surface area contributed by atoms with Crippen LogP contribution in [0.4, 0.5) is 0 Å². The van der Waals surface area contributed by atoms with E-state index >= 15 is 0 Å². The Morgan fingerprint density at radius 3 is 2.48 bits per heavy atom. The van der Waals surface area contributed by atoms with Crippen LogP contribution in [0.2, 0.25) is 0 Å². The second kappa shape index (κ2) is 5.84. The van der Waals surface area contributed by atoms with Gasteiger partial charge in [-0.1, -0.05) is 46.3 Å². The molecule has 0 saturated carbocycles. The highest BCUT2D eigenvalue weighted by Crippen LogP contribution is 2.24. The number of fused-ring (bicyclic) bond motifs is 2. The molecule has 1 aliphatic carbocycles. The number of aliphatic hydroxyl groups is 1. The van der Waals surface area contributed by atoms with Gasteiger partial charge >= 0.3 is 0 Å². The third-order valence-corrected chi connectivity index (χ3v) is 6.27. The van der Waals surface area contributed by atoms with Crippen LogP contribution in [0, 0.1) is 10.4 Å². The molecule has 1 aromatic heterocycles. The summed E-state index contributed by atoms with van der Waals surface area (Å²) in [5.74, 6) is -0.116. The molecule has 0 saturated heterocycles. The van der Waals surface area contributed by atoms with E-state index in [2.05, 4.69) is 20.9 Å². The molecule has 2 heterocycles. The van der Waals surface area contributed by atoms with Crippen molar-refractivity contribution in [3.05, 3.63) is 99.5 Å². The van der Waals surface area contributed by atoms with E-state index in [1.54, 1.807) is 42.5 Å². The molecule has 0 spiro atoms. The molecule has 130 valence electrons. The molecule has 0 bridgehead atoms. The maximum Gasteiger partial charge on any atom is 0.282 e. The average molecular weight is 436 g/mol. The topological polar surface area (TPSA) is 67.3 Å². The fraction of sp³-hybridized carbons (Fsp3) is 0. The SMILES string of the molecule is O=c1nc2ccc(Br)c3c2=c(c1=C(O)c1cccs1)c1ccccc1c3=O. The summed E-state index contributed by atoms with van der Waals surface area (Å²) in [5.41, 5.74) is -0.197. The van der Waals surface area contributed by atoms with E-state index in [1.807, 2.05) is 11.4 Å². The summed E-state index contributed by atoms with van der Waals surface area (Å²) in [5, 5.41) is 15.6. The third kappa shape index (κ3) is 2.23. The number of rotatable bonds is 1. The molecular weight excluding hydrogens is 426 g/mol. The summed E-state index contributed by atoms with van der Waals surface area (Å²) in [6.07, 6.45) is 0. The quantitative estimate of drug-likeness (QED) is 0.437. The first-order chi connectivity index (χ1) is 13.1. The van der Waals surface area contributed by atoms with Gasteiger partial charge in [0, 0.05) is 25.7 Å². The minimum Gasteiger partial charge on any atom is -0.506 e. The van der Waals surface area contributed by atoms with E-state index in [4.69, 9.17) is 0 Å². The minimum absolute atomic E-state index is 0.116. The lowest BCUT2D eigenvalue weighted by Crippen LogP contribution is -2.32. The molecular formula is C21H10BrNO3S. The summed E-state index contributed by atoms with van der Waals surface area (Å²) < 4.78 is 0.637. The summed E-state index contributed by atoms with van der Waals surface area (Å²) in [7, 11) is 0. The van der Waals surface area contributed by atoms with Gasteiger partial charge in [0.15, 0.2) is 5.43 Å². The van der Waals surface area contributed by atoms with Crippen molar-refractivity contribution in [2.45, 2.75) is 0 Å². The number of benzene rings is 2. The van der Waals surface area contributed by atoms with Crippen LogP contribution in [0.1, 0.15) is 4.88 Å². The molecule has 2 aromatic carbocycles. The van der Waals surface area contributed by atoms with Crippen molar-refractivity contribution >= 4 is 54.7 Å². The largest absolute Gasteiger partial charge is 0.506 e. The zero-order valence-electron chi connectivity index (χ0n) is 13.7. The first kappa shape index (κ1) is 16.4. The normalized spacial score (nSPS) is 12.9. The van der Waals surface area contributed by atoms with Gasteiger partial charge in [-0.15, -0.1) is 11.3 Å². The van der Waals surface area contributed by atoms with Gasteiger partial charge in [0.25, 0.3) is 5.56 Å². The van der Waals surface area contributed by atoms with Crippen LogP contribution < -0.4 is 16.2 Å². The molecule has 0 atom stereocenters. The zero-order chi connectivity index (χ0) is 18.7. The van der Waals surface area contributed by atoms with E-state index in [-0.39, 0.29) is 16.4 Å². The molecule has 3 aromatic rings. The molecule has 4 nitrogen and oxygen atoms in total. The van der Waals surface area contributed by atoms with Gasteiger partial charge in [0.1, 0.15) is 5.76 Å². The highest BCUT2D eigenvalue weighted by Gasteiger charge is 2.17. The van der Waals surface area contributed by atoms with E-state index in [9.17, 15) is 14.7 Å². The van der Waals surface area contributed by atoms with Crippen molar-refractivity contribution in [1.82, 2.24) is 4.98 Å². The molecule has 1 N–H and O–H groups in total. The van der Waals surface area contributed by atoms with E-state index < -0.39 is 5.56 Å². The maximum atomic E-state index is 13.1. The van der Waals surface area contributed by atoms with Crippen molar-refractivity contribution in [3.8, 4) is 0 Å². The Kier molecular flexibility index (Phi) is 3.54. The molecule has 0 radical (unpaired) electrons. The number of hydrogen-bond donors (Lipinski definition) is 1. The molecule has 0 fully saturated rings. The zero-order valence-corrected chi connectivity index (χ0v) is 16.1. The van der Waals surface area contributed by atoms with Gasteiger partial charge in [-0.25, -0.2) is 4.98 Å². The second-order valence-electron chi connectivity index (χ2n) is 6.18. The predicted octanol–water partition coefficient (Wildman–Crippen LogP) is 3.53. The summed E-state index contributed by atoms with van der Waals surface area (Å²) >= 11 is 4.80. The van der Waals surface area contributed by atoms with Crippen molar-refractivity contribution in [1.29, 1.82) is 0 Å². The highest BCUT2D eigenvalue weighted by atomic mass is 79.9. The average Bonchev–Trinajstić information content (AvgIpc) is 3.21. The molecule has 2 aliphatic rings. The van der Waals surface area contributed by atoms with Gasteiger partial charge in [-0.05, 0) is 29.0 Å². The van der Waals surface area contributed by atoms with Crippen molar-refractivity contribution in [3.63, 3.8) is 0 Å². The van der Waals surface area contributed by atoms with Crippen molar-refractivity contribution in [2.24, 2.45) is 0 Å². The van der Waals surface area contributed by atoms with Crippen molar-refractivity contribution < 1.29 is 5.11 Å². The van der Waals surface area contributed by atoms with Crippen LogP contribution in [0.5, 0.6) is 0 Å². The molecule has 0 amide bonds. The van der Waals surface area contributed by atoms with Crippen LogP contribution in [-0.4, -0.2) is 10.1 Å². The second-order valence-corrected chi connectivity index (χ2v) is 7.99. The lowest BCUT2D eigenvalue weighted by Gasteiger charge is -2.08. The Labute approximate surface area is 164 Å². The fourth-order valence-corrected chi connectivity index (χ4v) is 4.78. The Morgan fingerprint density at radius 2 is 1.74 bits per heavy atom. The molecule has 0 unspecified atom stereocenters. The number of halogens is 1. The molecule has 1 aliphatic heterocycles. The summed E-state index contributed by atoms with van der Waals surface area (Å²) in [6.45, 7) is 0. The van der Waals surface area contributed by atoms with Gasteiger partial charge in [0.2, 0.25) is 0 Å². The minimum atomic E-state index is -0.513. The van der Waals surface area contributed by atoms with E-state index in [0.29, 0.717) is 41.5 Å². The van der Waals surface area contributed by atoms with E-state index in [0.717, 1.165) is 0 Å². The van der Waals surface area contributed by atoms with Gasteiger partial charge in [-0.2, -0.15) is 0 Å². The standard InChI is InChI=1S/C21H10BrNO3S/c22-12-7-8-13-17-15(10-4-1-2-5-11(10)19(24)16(12)17)18(21(26)23-13)20(25)14-6-3-9-27-14/h1-9,25H. The number of aromatic nitrogens is 1. The van der Waals surface area contributed by atoms with Crippen LogP contribution in [-0.2, 0) is 0 Å². The Morgan fingerprint density at radius 1 is 0.963 bits per heavy atom. The Bertz CT molecular complexity index is 1580. The van der Waals surface area contributed by atoms with Gasteiger partial charge < -0.3 is 5.11 Å². The predicted molar refractivity (Wildman–Crippen MR) is 111 cm³/mol. The van der Waals surface area contributed by atoms with Crippen LogP contribution in [0.25, 0.3) is 27.4 Å². The first-order valence-corrected chi connectivity index (χ1v) is 9.82. The van der Waals surface area contributed by atoms with E-state index in [1.165, 1.54) is 11.3 Å². The Balaban J connectivity index is 2.31. The highest BCUT2D eigenvalue weighted by molar-refractivity contribution is 9.10. The summed E-state index contributed by atoms with van der Waals surface area (Å²) in [6, 6.07) is 14.1. The monoisotopic (exact) mass is 435 g/mol. The smallest absolute Gasteiger partial charge is 0.282 e. The van der Waals surface area contributed by atoms with Crippen LogP contribution in [0.3, 0.4) is 0 Å². The molecule has 5 rings (SSSR count). The number of hydrogen-bond acceptors (Lipinski definition) is 5.